The Balaban J connectivity index is 1.71. The fourth-order valence-corrected chi connectivity index (χ4v) is 4.55. The Hall–Kier alpha value is -0.470. The van der Waals surface area contributed by atoms with Crippen LogP contribution in [0.5, 0.6) is 0 Å². The molecule has 0 heterocycles. The molecule has 2 aliphatic carbocycles. The van der Waals surface area contributed by atoms with Crippen molar-refractivity contribution in [2.45, 2.75) is 77.6 Å². The van der Waals surface area contributed by atoms with Crippen molar-refractivity contribution in [3.05, 3.63) is 11.9 Å². The smallest absolute Gasteiger partial charge is 0.206 e. The molecule has 21 heavy (non-hydrogen) atoms. The molecule has 0 amide bonds. The predicted octanol–water partition coefficient (Wildman–Crippen LogP) is 6.87. The van der Waals surface area contributed by atoms with Crippen LogP contribution in [0.2, 0.25) is 0 Å². The maximum absolute atomic E-state index is 13.0. The van der Waals surface area contributed by atoms with E-state index in [0.29, 0.717) is 0 Å². The van der Waals surface area contributed by atoms with Gasteiger partial charge in [0.1, 0.15) is 0 Å². The van der Waals surface area contributed by atoms with E-state index in [0.717, 1.165) is 43.4 Å². The molecule has 0 nitrogen and oxygen atoms in total. The van der Waals surface area contributed by atoms with Crippen LogP contribution in [0.25, 0.3) is 0 Å². The largest absolute Gasteiger partial charge is 0.301 e. The second-order valence-corrected chi connectivity index (χ2v) is 7.22. The highest BCUT2D eigenvalue weighted by atomic mass is 19.3. The fourth-order valence-electron chi connectivity index (χ4n) is 4.55. The first-order valence-corrected chi connectivity index (χ1v) is 8.79. The number of hydrogen-bond donors (Lipinski definition) is 0. The van der Waals surface area contributed by atoms with Crippen LogP contribution in [0.1, 0.15) is 77.6 Å². The van der Waals surface area contributed by atoms with Crippen LogP contribution in [0.4, 0.5) is 13.2 Å². The van der Waals surface area contributed by atoms with Gasteiger partial charge >= 0.3 is 6.08 Å². The van der Waals surface area contributed by atoms with Crippen molar-refractivity contribution in [1.82, 2.24) is 0 Å². The standard InChI is InChI=1S/C18H29F3/c1-2-3-13-4-8-15(9-5-13)16-10-6-14(7-11-16)12-17(19)18(20)21/h13-16H,2-12H2,1H3. The SMILES string of the molecule is CCCC1CCC(C2CCC(CC(F)=C(F)F)CC2)CC1. The average Bonchev–Trinajstić information content (AvgIpc) is 2.49. The second-order valence-electron chi connectivity index (χ2n) is 7.22. The van der Waals surface area contributed by atoms with Crippen molar-refractivity contribution in [2.24, 2.45) is 23.7 Å². The van der Waals surface area contributed by atoms with Crippen molar-refractivity contribution in [3.8, 4) is 0 Å². The summed E-state index contributed by atoms with van der Waals surface area (Å²) >= 11 is 0. The van der Waals surface area contributed by atoms with Gasteiger partial charge in [-0.2, -0.15) is 8.78 Å². The van der Waals surface area contributed by atoms with Crippen molar-refractivity contribution < 1.29 is 13.2 Å². The molecule has 0 atom stereocenters. The van der Waals surface area contributed by atoms with Gasteiger partial charge in [-0.25, -0.2) is 4.39 Å². The lowest BCUT2D eigenvalue weighted by Crippen LogP contribution is -2.26. The highest BCUT2D eigenvalue weighted by Gasteiger charge is 2.31. The Morgan fingerprint density at radius 2 is 1.24 bits per heavy atom. The van der Waals surface area contributed by atoms with E-state index in [2.05, 4.69) is 6.92 Å². The lowest BCUT2D eigenvalue weighted by molar-refractivity contribution is 0.141. The number of rotatable bonds is 5. The Bertz CT molecular complexity index is 330. The molecule has 0 spiro atoms. The minimum absolute atomic E-state index is 0.0434. The van der Waals surface area contributed by atoms with Crippen LogP contribution in [0, 0.1) is 23.7 Å². The molecule has 0 bridgehead atoms. The van der Waals surface area contributed by atoms with Crippen LogP contribution in [-0.2, 0) is 0 Å². The van der Waals surface area contributed by atoms with Gasteiger partial charge in [0, 0.05) is 6.42 Å². The van der Waals surface area contributed by atoms with Gasteiger partial charge in [-0.1, -0.05) is 32.6 Å². The molecule has 0 aromatic rings. The number of halogens is 3. The summed E-state index contributed by atoms with van der Waals surface area (Å²) in [4.78, 5) is 0. The van der Waals surface area contributed by atoms with Crippen molar-refractivity contribution in [3.63, 3.8) is 0 Å². The highest BCUT2D eigenvalue weighted by molar-refractivity contribution is 4.94. The molecule has 0 aliphatic heterocycles. The lowest BCUT2D eigenvalue weighted by atomic mass is 9.68. The molecule has 0 unspecified atom stereocenters. The van der Waals surface area contributed by atoms with E-state index in [9.17, 15) is 13.2 Å². The Kier molecular flexibility index (Phi) is 6.63. The van der Waals surface area contributed by atoms with Gasteiger partial charge in [-0.05, 0) is 62.2 Å². The minimum Gasteiger partial charge on any atom is -0.206 e. The van der Waals surface area contributed by atoms with Gasteiger partial charge in [0.25, 0.3) is 0 Å². The van der Waals surface area contributed by atoms with E-state index >= 15 is 0 Å². The second kappa shape index (κ2) is 8.24. The summed E-state index contributed by atoms with van der Waals surface area (Å²) in [5.41, 5.74) is 0. The van der Waals surface area contributed by atoms with Crippen LogP contribution in [0.3, 0.4) is 0 Å². The first kappa shape index (κ1) is 16.9. The fraction of sp³-hybridized carbons (Fsp3) is 0.889. The van der Waals surface area contributed by atoms with Crippen LogP contribution in [-0.4, -0.2) is 0 Å². The zero-order chi connectivity index (χ0) is 15.2. The quantitative estimate of drug-likeness (QED) is 0.520. The van der Waals surface area contributed by atoms with Crippen molar-refractivity contribution in [2.75, 3.05) is 0 Å². The maximum Gasteiger partial charge on any atom is 0.301 e. The van der Waals surface area contributed by atoms with Crippen LogP contribution >= 0.6 is 0 Å². The van der Waals surface area contributed by atoms with E-state index in [-0.39, 0.29) is 12.3 Å². The maximum atomic E-state index is 13.0. The zero-order valence-electron chi connectivity index (χ0n) is 13.2. The van der Waals surface area contributed by atoms with E-state index < -0.39 is 11.9 Å². The first-order chi connectivity index (χ1) is 10.1. The topological polar surface area (TPSA) is 0 Å². The summed E-state index contributed by atoms with van der Waals surface area (Å²) < 4.78 is 37.3. The van der Waals surface area contributed by atoms with Crippen molar-refractivity contribution in [1.29, 1.82) is 0 Å². The minimum atomic E-state index is -2.12. The number of allylic oxidation sites excluding steroid dienone is 1. The normalized spacial score (nSPS) is 33.7. The summed E-state index contributed by atoms with van der Waals surface area (Å²) in [5, 5.41) is 0. The number of hydrogen-bond acceptors (Lipinski definition) is 0. The van der Waals surface area contributed by atoms with Crippen LogP contribution < -0.4 is 0 Å². The van der Waals surface area contributed by atoms with E-state index in [1.807, 2.05) is 0 Å². The summed E-state index contributed by atoms with van der Waals surface area (Å²) in [7, 11) is 0. The molecule has 0 aromatic heterocycles. The molecule has 0 aromatic carbocycles. The molecule has 0 saturated heterocycles. The van der Waals surface area contributed by atoms with Crippen molar-refractivity contribution >= 4 is 0 Å². The molecule has 2 saturated carbocycles. The monoisotopic (exact) mass is 302 g/mol. The molecular formula is C18H29F3. The van der Waals surface area contributed by atoms with E-state index in [4.69, 9.17) is 0 Å². The van der Waals surface area contributed by atoms with Gasteiger partial charge in [0.05, 0.1) is 0 Å². The molecule has 2 fully saturated rings. The molecule has 0 N–H and O–H groups in total. The molecular weight excluding hydrogens is 273 g/mol. The molecule has 122 valence electrons. The summed E-state index contributed by atoms with van der Waals surface area (Å²) in [6, 6.07) is 0. The van der Waals surface area contributed by atoms with Gasteiger partial charge in [-0.15, -0.1) is 0 Å². The van der Waals surface area contributed by atoms with Crippen LogP contribution in [0.15, 0.2) is 11.9 Å². The third-order valence-corrected chi connectivity index (χ3v) is 5.82. The Morgan fingerprint density at radius 3 is 1.67 bits per heavy atom. The summed E-state index contributed by atoms with van der Waals surface area (Å²) in [5.74, 6) is 1.51. The predicted molar refractivity (Wildman–Crippen MR) is 80.8 cm³/mol. The Labute approximate surface area is 127 Å². The average molecular weight is 302 g/mol. The highest BCUT2D eigenvalue weighted by Crippen LogP contribution is 2.43. The van der Waals surface area contributed by atoms with E-state index in [1.54, 1.807) is 0 Å². The summed E-state index contributed by atoms with van der Waals surface area (Å²) in [6.45, 7) is 2.27. The third kappa shape index (κ3) is 5.03. The molecule has 2 aliphatic rings. The van der Waals surface area contributed by atoms with Gasteiger partial charge in [0.15, 0.2) is 5.83 Å². The van der Waals surface area contributed by atoms with E-state index in [1.165, 1.54) is 38.5 Å². The molecule has 3 heteroatoms. The summed E-state index contributed by atoms with van der Waals surface area (Å²) in [6.07, 6.45) is 10.1. The van der Waals surface area contributed by atoms with Gasteiger partial charge < -0.3 is 0 Å². The Morgan fingerprint density at radius 1 is 0.762 bits per heavy atom. The zero-order valence-corrected chi connectivity index (χ0v) is 13.2. The van der Waals surface area contributed by atoms with Gasteiger partial charge in [-0.3, -0.25) is 0 Å². The molecule has 2 rings (SSSR count). The molecule has 0 radical (unpaired) electrons. The lowest BCUT2D eigenvalue weighted by Gasteiger charge is -2.37. The van der Waals surface area contributed by atoms with Gasteiger partial charge in [0.2, 0.25) is 0 Å². The first-order valence-electron chi connectivity index (χ1n) is 8.79. The third-order valence-electron chi connectivity index (χ3n) is 5.82.